The van der Waals surface area contributed by atoms with Gasteiger partial charge in [0.25, 0.3) is 0 Å². The number of nitrogens with one attached hydrogen (secondary N) is 2. The van der Waals surface area contributed by atoms with Crippen LogP contribution in [0.2, 0.25) is 0 Å². The Bertz CT molecular complexity index is 852. The molecule has 120 valence electrons. The molecule has 0 saturated carbocycles. The average molecular weight is 320 g/mol. The van der Waals surface area contributed by atoms with Gasteiger partial charge in [-0.15, -0.1) is 0 Å². The summed E-state index contributed by atoms with van der Waals surface area (Å²) in [5.41, 5.74) is 13.9. The maximum atomic E-state index is 12.6. The third-order valence-electron chi connectivity index (χ3n) is 3.86. The van der Waals surface area contributed by atoms with Crippen LogP contribution >= 0.6 is 0 Å². The predicted octanol–water partition coefficient (Wildman–Crippen LogP) is 1.94. The second-order valence-electron chi connectivity index (χ2n) is 5.44. The van der Waals surface area contributed by atoms with Crippen molar-refractivity contribution in [3.63, 3.8) is 0 Å². The summed E-state index contributed by atoms with van der Waals surface area (Å²) in [4.78, 5) is 12.6. The van der Waals surface area contributed by atoms with E-state index in [-0.39, 0.29) is 17.5 Å². The zero-order valence-electron chi connectivity index (χ0n) is 12.7. The summed E-state index contributed by atoms with van der Waals surface area (Å²) in [6.07, 6.45) is 0.753. The number of rotatable bonds is 4. The first-order chi connectivity index (χ1) is 11.5. The maximum absolute atomic E-state index is 12.6. The molecule has 0 radical (unpaired) electrons. The molecule has 0 aliphatic carbocycles. The van der Waals surface area contributed by atoms with Gasteiger partial charge >= 0.3 is 0 Å². The molecule has 24 heavy (non-hydrogen) atoms. The number of carbonyl (C=O) groups excluding carboxylic acids is 1. The van der Waals surface area contributed by atoms with E-state index in [0.29, 0.717) is 27.8 Å². The molecular formula is C18H16N4O2. The van der Waals surface area contributed by atoms with E-state index in [1.807, 2.05) is 0 Å². The minimum atomic E-state index is -0.700. The number of ketones is 1. The Balaban J connectivity index is 1.81. The molecule has 1 aliphatic heterocycles. The van der Waals surface area contributed by atoms with Crippen LogP contribution in [0.5, 0.6) is 0 Å². The molecule has 6 heteroatoms. The highest BCUT2D eigenvalue weighted by Gasteiger charge is 2.31. The van der Waals surface area contributed by atoms with Gasteiger partial charge in [0.05, 0.1) is 11.8 Å². The second kappa shape index (κ2) is 6.00. The van der Waals surface area contributed by atoms with Crippen molar-refractivity contribution in [2.75, 3.05) is 0 Å². The Labute approximate surface area is 138 Å². The first kappa shape index (κ1) is 15.5. The molecule has 0 saturated heterocycles. The van der Waals surface area contributed by atoms with Crippen molar-refractivity contribution in [3.05, 3.63) is 77.0 Å². The number of benzene rings is 2. The van der Waals surface area contributed by atoms with Crippen LogP contribution < -0.4 is 11.5 Å². The summed E-state index contributed by atoms with van der Waals surface area (Å²) in [6, 6.07) is 13.7. The predicted molar refractivity (Wildman–Crippen MR) is 91.7 cm³/mol. The Hall–Kier alpha value is -3.41. The first-order valence-corrected chi connectivity index (χ1v) is 7.26. The highest BCUT2D eigenvalue weighted by atomic mass is 16.5. The van der Waals surface area contributed by atoms with E-state index < -0.39 is 6.10 Å². The van der Waals surface area contributed by atoms with Crippen LogP contribution in [0, 0.1) is 10.8 Å². The van der Waals surface area contributed by atoms with E-state index in [2.05, 4.69) is 0 Å². The quantitative estimate of drug-likeness (QED) is 0.507. The zero-order chi connectivity index (χ0) is 17.3. The van der Waals surface area contributed by atoms with Crippen molar-refractivity contribution >= 4 is 23.0 Å². The second-order valence-corrected chi connectivity index (χ2v) is 5.44. The van der Waals surface area contributed by atoms with Gasteiger partial charge in [0.1, 0.15) is 11.7 Å². The molecule has 0 aromatic heterocycles. The van der Waals surface area contributed by atoms with E-state index in [0.717, 1.165) is 0 Å². The van der Waals surface area contributed by atoms with Crippen LogP contribution in [0.4, 0.5) is 0 Å². The number of amidine groups is 2. The van der Waals surface area contributed by atoms with Gasteiger partial charge in [0.15, 0.2) is 6.10 Å². The number of hydrogen-bond donors (Lipinski definition) is 4. The summed E-state index contributed by atoms with van der Waals surface area (Å²) in [5.74, 6) is -0.182. The summed E-state index contributed by atoms with van der Waals surface area (Å²) in [6.45, 7) is 0. The molecule has 1 atom stereocenters. The number of carbonyl (C=O) groups is 1. The van der Waals surface area contributed by atoms with E-state index in [9.17, 15) is 4.79 Å². The number of ether oxygens (including phenoxy) is 1. The van der Waals surface area contributed by atoms with Crippen LogP contribution in [0.25, 0.3) is 5.57 Å². The molecular weight excluding hydrogens is 304 g/mol. The molecule has 1 unspecified atom stereocenters. The standard InChI is InChI=1S/C18H16N4O2/c19-17(20)12-5-1-10(2-6-12)14-9-24-16(15(14)23)11-3-7-13(8-4-11)18(21)22/h1-9,16H,(H3,19,20)(H3,21,22). The minimum Gasteiger partial charge on any atom is -0.484 e. The van der Waals surface area contributed by atoms with Gasteiger partial charge in [-0.1, -0.05) is 48.5 Å². The van der Waals surface area contributed by atoms with Crippen molar-refractivity contribution in [1.29, 1.82) is 10.8 Å². The average Bonchev–Trinajstić information content (AvgIpc) is 2.96. The molecule has 0 fully saturated rings. The van der Waals surface area contributed by atoms with Gasteiger partial charge in [-0.25, -0.2) is 0 Å². The summed E-state index contributed by atoms with van der Waals surface area (Å²) >= 11 is 0. The molecule has 0 spiro atoms. The first-order valence-electron chi connectivity index (χ1n) is 7.26. The molecule has 6 N–H and O–H groups in total. The van der Waals surface area contributed by atoms with Crippen molar-refractivity contribution in [2.45, 2.75) is 6.10 Å². The lowest BCUT2D eigenvalue weighted by atomic mass is 9.96. The van der Waals surface area contributed by atoms with E-state index in [4.69, 9.17) is 27.0 Å². The molecule has 1 aliphatic rings. The maximum Gasteiger partial charge on any atom is 0.211 e. The fraction of sp³-hybridized carbons (Fsp3) is 0.0556. The number of nitrogen functional groups attached to an aromatic ring is 2. The van der Waals surface area contributed by atoms with Crippen LogP contribution in [-0.4, -0.2) is 17.5 Å². The third-order valence-corrected chi connectivity index (χ3v) is 3.86. The van der Waals surface area contributed by atoms with Gasteiger partial charge < -0.3 is 16.2 Å². The van der Waals surface area contributed by atoms with Gasteiger partial charge in [0, 0.05) is 16.7 Å². The van der Waals surface area contributed by atoms with Crippen molar-refractivity contribution in [3.8, 4) is 0 Å². The SMILES string of the molecule is N=C(N)c1ccc(C2=COC(c3ccc(C(=N)N)cc3)C2=O)cc1. The molecule has 0 bridgehead atoms. The molecule has 2 aromatic carbocycles. The Morgan fingerprint density at radius 1 is 0.875 bits per heavy atom. The van der Waals surface area contributed by atoms with Crippen LogP contribution in [0.1, 0.15) is 28.4 Å². The molecule has 0 amide bonds. The van der Waals surface area contributed by atoms with Crippen molar-refractivity contribution in [1.82, 2.24) is 0 Å². The molecule has 2 aromatic rings. The lowest BCUT2D eigenvalue weighted by Gasteiger charge is -2.10. The zero-order valence-corrected chi connectivity index (χ0v) is 12.7. The van der Waals surface area contributed by atoms with E-state index in [1.165, 1.54) is 6.26 Å². The monoisotopic (exact) mass is 320 g/mol. The fourth-order valence-corrected chi connectivity index (χ4v) is 2.50. The highest BCUT2D eigenvalue weighted by molar-refractivity contribution is 6.24. The van der Waals surface area contributed by atoms with Gasteiger partial charge in [-0.05, 0) is 5.56 Å². The Morgan fingerprint density at radius 3 is 1.88 bits per heavy atom. The molecule has 3 rings (SSSR count). The molecule has 6 nitrogen and oxygen atoms in total. The number of hydrogen-bond acceptors (Lipinski definition) is 4. The Kier molecular flexibility index (Phi) is 3.87. The highest BCUT2D eigenvalue weighted by Crippen LogP contribution is 2.33. The number of nitrogens with two attached hydrogens (primary N) is 2. The third kappa shape index (κ3) is 2.77. The van der Waals surface area contributed by atoms with Gasteiger partial charge in [-0.3, -0.25) is 15.6 Å². The van der Waals surface area contributed by atoms with Crippen LogP contribution in [-0.2, 0) is 9.53 Å². The van der Waals surface area contributed by atoms with E-state index in [1.54, 1.807) is 48.5 Å². The largest absolute Gasteiger partial charge is 0.484 e. The van der Waals surface area contributed by atoms with Crippen molar-refractivity contribution in [2.24, 2.45) is 11.5 Å². The van der Waals surface area contributed by atoms with Gasteiger partial charge in [0.2, 0.25) is 5.78 Å². The summed E-state index contributed by atoms with van der Waals surface area (Å²) < 4.78 is 5.53. The summed E-state index contributed by atoms with van der Waals surface area (Å²) in [7, 11) is 0. The van der Waals surface area contributed by atoms with Gasteiger partial charge in [-0.2, -0.15) is 0 Å². The smallest absolute Gasteiger partial charge is 0.211 e. The summed E-state index contributed by atoms with van der Waals surface area (Å²) in [5, 5.41) is 14.8. The van der Waals surface area contributed by atoms with Crippen molar-refractivity contribution < 1.29 is 9.53 Å². The molecule has 1 heterocycles. The number of Topliss-reactive ketones (excluding diaryl/α,β-unsaturated/α-hetero) is 1. The lowest BCUT2D eigenvalue weighted by Crippen LogP contribution is -2.13. The normalized spacial score (nSPS) is 16.4. The minimum absolute atomic E-state index is 0.0204. The van der Waals surface area contributed by atoms with Crippen LogP contribution in [0.3, 0.4) is 0 Å². The fourth-order valence-electron chi connectivity index (χ4n) is 2.50. The topological polar surface area (TPSA) is 126 Å². The van der Waals surface area contributed by atoms with Crippen LogP contribution in [0.15, 0.2) is 54.8 Å². The van der Waals surface area contributed by atoms with E-state index >= 15 is 0 Å². The lowest BCUT2D eigenvalue weighted by molar-refractivity contribution is -0.119. The Morgan fingerprint density at radius 2 is 1.38 bits per heavy atom.